The second-order valence-corrected chi connectivity index (χ2v) is 4.86. The summed E-state index contributed by atoms with van der Waals surface area (Å²) in [6, 6.07) is 0. The Hall–Kier alpha value is -0.300. The predicted octanol–water partition coefficient (Wildman–Crippen LogP) is 5.03. The molecule has 0 atom stereocenters. The van der Waals surface area contributed by atoms with Crippen molar-refractivity contribution in [3.63, 3.8) is 0 Å². The van der Waals surface area contributed by atoms with Crippen LogP contribution in [0.2, 0.25) is 0 Å². The minimum Gasteiger partial charge on any atom is -0.304 e. The molecule has 0 aromatic heterocycles. The molecule has 0 bridgehead atoms. The maximum absolute atomic E-state index is 2.52. The van der Waals surface area contributed by atoms with Crippen LogP contribution in [0, 0.1) is 0 Å². The third kappa shape index (κ3) is 12.0. The molecule has 0 unspecified atom stereocenters. The Kier molecular flexibility index (Phi) is 13.5. The standard InChI is InChI=1S/C16H33N/c1-4-7-8-9-10-11-12-13-14-15-16-17(5-2)6-3/h4,7H,5-6,8-16H2,1-3H3/b7-4+. The molecule has 102 valence electrons. The van der Waals surface area contributed by atoms with E-state index >= 15 is 0 Å². The lowest BCUT2D eigenvalue weighted by Gasteiger charge is -2.17. The van der Waals surface area contributed by atoms with E-state index in [9.17, 15) is 0 Å². The summed E-state index contributed by atoms with van der Waals surface area (Å²) in [6.45, 7) is 10.3. The lowest BCUT2D eigenvalue weighted by Crippen LogP contribution is -2.23. The first-order valence-electron chi connectivity index (χ1n) is 7.68. The maximum atomic E-state index is 2.52. The van der Waals surface area contributed by atoms with Crippen LogP contribution in [0.25, 0.3) is 0 Å². The van der Waals surface area contributed by atoms with Crippen molar-refractivity contribution in [2.24, 2.45) is 0 Å². The zero-order valence-corrected chi connectivity index (χ0v) is 12.4. The van der Waals surface area contributed by atoms with Crippen molar-refractivity contribution < 1.29 is 0 Å². The lowest BCUT2D eigenvalue weighted by molar-refractivity contribution is 0.295. The Balaban J connectivity index is 3.08. The van der Waals surface area contributed by atoms with Crippen LogP contribution >= 0.6 is 0 Å². The monoisotopic (exact) mass is 239 g/mol. The van der Waals surface area contributed by atoms with E-state index in [1.54, 1.807) is 0 Å². The van der Waals surface area contributed by atoms with E-state index in [-0.39, 0.29) is 0 Å². The first-order valence-corrected chi connectivity index (χ1v) is 7.68. The van der Waals surface area contributed by atoms with E-state index in [1.807, 2.05) is 0 Å². The molecule has 1 nitrogen and oxygen atoms in total. The summed E-state index contributed by atoms with van der Waals surface area (Å²) in [5.41, 5.74) is 0. The molecule has 0 rings (SSSR count). The van der Waals surface area contributed by atoms with Crippen molar-refractivity contribution in [2.45, 2.75) is 72.1 Å². The Morgan fingerprint density at radius 1 is 0.765 bits per heavy atom. The number of nitrogens with zero attached hydrogens (tertiary/aromatic N) is 1. The van der Waals surface area contributed by atoms with E-state index in [4.69, 9.17) is 0 Å². The van der Waals surface area contributed by atoms with Gasteiger partial charge >= 0.3 is 0 Å². The number of hydrogen-bond acceptors (Lipinski definition) is 1. The molecule has 0 spiro atoms. The van der Waals surface area contributed by atoms with E-state index < -0.39 is 0 Å². The third-order valence-electron chi connectivity index (χ3n) is 3.48. The van der Waals surface area contributed by atoms with Crippen LogP contribution in [0.3, 0.4) is 0 Å². The van der Waals surface area contributed by atoms with Crippen LogP contribution in [-0.2, 0) is 0 Å². The zero-order chi connectivity index (χ0) is 12.8. The van der Waals surface area contributed by atoms with Gasteiger partial charge in [-0.25, -0.2) is 0 Å². The summed E-state index contributed by atoms with van der Waals surface area (Å²) >= 11 is 0. The van der Waals surface area contributed by atoms with E-state index in [1.165, 1.54) is 71.0 Å². The second kappa shape index (κ2) is 13.8. The molecule has 0 radical (unpaired) electrons. The average Bonchev–Trinajstić information content (AvgIpc) is 2.36. The Bertz CT molecular complexity index is 159. The predicted molar refractivity (Wildman–Crippen MR) is 79.5 cm³/mol. The Morgan fingerprint density at radius 2 is 1.29 bits per heavy atom. The van der Waals surface area contributed by atoms with Crippen molar-refractivity contribution in [3.05, 3.63) is 12.2 Å². The molecule has 0 aliphatic heterocycles. The van der Waals surface area contributed by atoms with Crippen molar-refractivity contribution in [1.82, 2.24) is 4.90 Å². The van der Waals surface area contributed by atoms with Gasteiger partial charge in [0.1, 0.15) is 0 Å². The first kappa shape index (κ1) is 16.7. The van der Waals surface area contributed by atoms with Crippen LogP contribution in [0.1, 0.15) is 72.1 Å². The van der Waals surface area contributed by atoms with Crippen molar-refractivity contribution in [2.75, 3.05) is 19.6 Å². The minimum atomic E-state index is 1.21. The third-order valence-corrected chi connectivity index (χ3v) is 3.48. The molecule has 0 fully saturated rings. The van der Waals surface area contributed by atoms with E-state index in [2.05, 4.69) is 37.8 Å². The largest absolute Gasteiger partial charge is 0.304 e. The summed E-state index contributed by atoms with van der Waals surface area (Å²) in [4.78, 5) is 2.52. The molecular formula is C16H33N. The van der Waals surface area contributed by atoms with Gasteiger partial charge in [-0.15, -0.1) is 0 Å². The highest BCUT2D eigenvalue weighted by atomic mass is 15.1. The molecule has 0 N–H and O–H groups in total. The van der Waals surface area contributed by atoms with Crippen molar-refractivity contribution in [1.29, 1.82) is 0 Å². The van der Waals surface area contributed by atoms with Crippen LogP contribution in [-0.4, -0.2) is 24.5 Å². The molecule has 0 aliphatic rings. The fourth-order valence-corrected chi connectivity index (χ4v) is 2.19. The second-order valence-electron chi connectivity index (χ2n) is 4.86. The fraction of sp³-hybridized carbons (Fsp3) is 0.875. The lowest BCUT2D eigenvalue weighted by atomic mass is 10.1. The van der Waals surface area contributed by atoms with Gasteiger partial charge in [-0.3, -0.25) is 0 Å². The Morgan fingerprint density at radius 3 is 1.82 bits per heavy atom. The smallest absolute Gasteiger partial charge is 0.00190 e. The zero-order valence-electron chi connectivity index (χ0n) is 12.4. The van der Waals surface area contributed by atoms with Gasteiger partial charge in [0, 0.05) is 0 Å². The molecule has 0 aromatic carbocycles. The van der Waals surface area contributed by atoms with Crippen molar-refractivity contribution >= 4 is 0 Å². The van der Waals surface area contributed by atoms with Crippen LogP contribution < -0.4 is 0 Å². The van der Waals surface area contributed by atoms with Gasteiger partial charge in [0.05, 0.1) is 0 Å². The summed E-state index contributed by atoms with van der Waals surface area (Å²) in [5.74, 6) is 0. The Labute approximate surface area is 109 Å². The van der Waals surface area contributed by atoms with E-state index in [0.29, 0.717) is 0 Å². The van der Waals surface area contributed by atoms with Crippen LogP contribution in [0.15, 0.2) is 12.2 Å². The normalized spacial score (nSPS) is 11.8. The molecule has 0 aliphatic carbocycles. The fourth-order valence-electron chi connectivity index (χ4n) is 2.19. The molecule has 0 saturated carbocycles. The highest BCUT2D eigenvalue weighted by Crippen LogP contribution is 2.09. The quantitative estimate of drug-likeness (QED) is 0.341. The van der Waals surface area contributed by atoms with E-state index in [0.717, 1.165) is 0 Å². The minimum absolute atomic E-state index is 1.21. The average molecular weight is 239 g/mol. The van der Waals surface area contributed by atoms with Gasteiger partial charge in [-0.05, 0) is 45.8 Å². The SMILES string of the molecule is C/C=C/CCCCCCCCCN(CC)CC. The number of hydrogen-bond donors (Lipinski definition) is 0. The first-order chi connectivity index (χ1) is 8.35. The van der Waals surface area contributed by atoms with Gasteiger partial charge in [-0.2, -0.15) is 0 Å². The van der Waals surface area contributed by atoms with Gasteiger partial charge in [0.2, 0.25) is 0 Å². The summed E-state index contributed by atoms with van der Waals surface area (Å²) in [5, 5.41) is 0. The molecule has 0 saturated heterocycles. The molecular weight excluding hydrogens is 206 g/mol. The molecule has 0 aromatic rings. The van der Waals surface area contributed by atoms with Gasteiger partial charge in [0.25, 0.3) is 0 Å². The maximum Gasteiger partial charge on any atom is -0.00190 e. The van der Waals surface area contributed by atoms with Gasteiger partial charge < -0.3 is 4.90 Å². The molecule has 0 heterocycles. The van der Waals surface area contributed by atoms with Crippen LogP contribution in [0.5, 0.6) is 0 Å². The highest BCUT2D eigenvalue weighted by molar-refractivity contribution is 4.76. The highest BCUT2D eigenvalue weighted by Gasteiger charge is 1.97. The summed E-state index contributed by atoms with van der Waals surface area (Å²) < 4.78 is 0. The van der Waals surface area contributed by atoms with Gasteiger partial charge in [0.15, 0.2) is 0 Å². The molecule has 17 heavy (non-hydrogen) atoms. The number of allylic oxidation sites excluding steroid dienone is 2. The molecule has 0 amide bonds. The summed E-state index contributed by atoms with van der Waals surface area (Å²) in [7, 11) is 0. The topological polar surface area (TPSA) is 3.24 Å². The summed E-state index contributed by atoms with van der Waals surface area (Å²) in [6.07, 6.45) is 15.6. The number of rotatable bonds is 12. The van der Waals surface area contributed by atoms with Crippen LogP contribution in [0.4, 0.5) is 0 Å². The molecule has 1 heteroatoms. The number of unbranched alkanes of at least 4 members (excludes halogenated alkanes) is 7. The van der Waals surface area contributed by atoms with Gasteiger partial charge in [-0.1, -0.05) is 58.1 Å². The van der Waals surface area contributed by atoms with Crippen molar-refractivity contribution in [3.8, 4) is 0 Å².